The highest BCUT2D eigenvalue weighted by atomic mass is 32.2. The molecule has 0 atom stereocenters. The van der Waals surface area contributed by atoms with Crippen molar-refractivity contribution < 1.29 is 26.7 Å². The number of nitrogens with one attached hydrogen (secondary N) is 1. The van der Waals surface area contributed by atoms with Crippen molar-refractivity contribution >= 4 is 49.1 Å². The highest BCUT2D eigenvalue weighted by Gasteiger charge is 2.31. The lowest BCUT2D eigenvalue weighted by Crippen LogP contribution is -2.33. The van der Waals surface area contributed by atoms with Gasteiger partial charge in [0, 0.05) is 46.9 Å². The van der Waals surface area contributed by atoms with Gasteiger partial charge in [-0.05, 0) is 18.2 Å². The molecule has 0 saturated carbocycles. The van der Waals surface area contributed by atoms with Crippen molar-refractivity contribution in [3.8, 4) is 17.1 Å². The Morgan fingerprint density at radius 1 is 1.11 bits per heavy atom. The number of fused-ring (bicyclic) bond motifs is 1. The number of pyridine rings is 1. The number of nitrogens with two attached hydrogens (primary N) is 1. The summed E-state index contributed by atoms with van der Waals surface area (Å²) >= 11 is 0.860. The maximum absolute atomic E-state index is 15.7. The molecule has 0 radical (unpaired) electrons. The molecule has 0 aliphatic carbocycles. The number of H-pyrrole nitrogens is 1. The molecule has 188 valence electrons. The number of hydrogen-bond donors (Lipinski definition) is 2. The average molecular weight is 544 g/mol. The molecular weight excluding hydrogens is 528 g/mol. The largest absolute Gasteiger partial charge is 0.467 e. The van der Waals surface area contributed by atoms with Gasteiger partial charge in [-0.1, -0.05) is 0 Å². The standard InChI is InChI=1S/C22H15F2N7O4S2/c1-35-22-29-6-12(7-30-22)11-4-13-14(8-28-21(13)27-5-11)20(32)18-15(23)2-3-16(19(18)24)31(37(25,33)34)17-9-26-10-36-17/h2-10H,1H3,(H,27,28)(H2,25,33,34). The third-order valence-corrected chi connectivity index (χ3v) is 7.08. The number of ether oxygens (including phenoxy) is 1. The van der Waals surface area contributed by atoms with Gasteiger partial charge in [0.1, 0.15) is 16.5 Å². The predicted molar refractivity (Wildman–Crippen MR) is 131 cm³/mol. The first kappa shape index (κ1) is 24.4. The topological polar surface area (TPSA) is 157 Å². The molecule has 11 nitrogen and oxygen atoms in total. The molecule has 5 rings (SSSR count). The van der Waals surface area contributed by atoms with Crippen LogP contribution in [-0.4, -0.2) is 46.2 Å². The second-order valence-electron chi connectivity index (χ2n) is 7.51. The summed E-state index contributed by atoms with van der Waals surface area (Å²) in [6, 6.07) is 3.42. The average Bonchev–Trinajstić information content (AvgIpc) is 3.55. The molecule has 0 unspecified atom stereocenters. The molecule has 4 heterocycles. The molecule has 3 N–H and O–H groups in total. The van der Waals surface area contributed by atoms with Gasteiger partial charge < -0.3 is 9.72 Å². The normalized spacial score (nSPS) is 11.6. The number of ketones is 1. The molecule has 5 aromatic rings. The molecule has 0 amide bonds. The van der Waals surface area contributed by atoms with E-state index in [0.717, 1.165) is 29.7 Å². The Morgan fingerprint density at radius 3 is 2.49 bits per heavy atom. The van der Waals surface area contributed by atoms with Crippen LogP contribution in [0.2, 0.25) is 0 Å². The number of aromatic amines is 1. The number of aromatic nitrogens is 5. The van der Waals surface area contributed by atoms with Crippen molar-refractivity contribution in [3.63, 3.8) is 0 Å². The summed E-state index contributed by atoms with van der Waals surface area (Å²) in [5.41, 5.74) is 1.00. The van der Waals surface area contributed by atoms with Gasteiger partial charge in [-0.3, -0.25) is 9.78 Å². The first-order valence-electron chi connectivity index (χ1n) is 10.3. The maximum atomic E-state index is 15.7. The van der Waals surface area contributed by atoms with E-state index in [0.29, 0.717) is 15.4 Å². The van der Waals surface area contributed by atoms with Crippen molar-refractivity contribution in [1.29, 1.82) is 0 Å². The van der Waals surface area contributed by atoms with E-state index in [1.807, 2.05) is 0 Å². The predicted octanol–water partition coefficient (Wildman–Crippen LogP) is 3.34. The van der Waals surface area contributed by atoms with Crippen LogP contribution in [0.1, 0.15) is 15.9 Å². The van der Waals surface area contributed by atoms with Crippen LogP contribution < -0.4 is 14.2 Å². The lowest BCUT2D eigenvalue weighted by Gasteiger charge is -2.21. The summed E-state index contributed by atoms with van der Waals surface area (Å²) in [5.74, 6) is -3.63. The highest BCUT2D eigenvalue weighted by molar-refractivity contribution is 7.91. The van der Waals surface area contributed by atoms with Crippen molar-refractivity contribution in [2.75, 3.05) is 11.4 Å². The van der Waals surface area contributed by atoms with Gasteiger partial charge in [-0.15, -0.1) is 11.3 Å². The van der Waals surface area contributed by atoms with Crippen LogP contribution in [-0.2, 0) is 10.2 Å². The lowest BCUT2D eigenvalue weighted by atomic mass is 10.00. The number of methoxy groups -OCH3 is 1. The van der Waals surface area contributed by atoms with Gasteiger partial charge in [0.2, 0.25) is 5.78 Å². The van der Waals surface area contributed by atoms with Crippen LogP contribution in [0.15, 0.2) is 54.7 Å². The minimum Gasteiger partial charge on any atom is -0.467 e. The fraction of sp³-hybridized carbons (Fsp3) is 0.0455. The van der Waals surface area contributed by atoms with E-state index in [9.17, 15) is 17.6 Å². The van der Waals surface area contributed by atoms with Gasteiger partial charge in [0.25, 0.3) is 0 Å². The minimum atomic E-state index is -4.56. The maximum Gasteiger partial charge on any atom is 0.316 e. The Morgan fingerprint density at radius 2 is 1.84 bits per heavy atom. The van der Waals surface area contributed by atoms with E-state index in [1.165, 1.54) is 37.4 Å². The monoisotopic (exact) mass is 543 g/mol. The third kappa shape index (κ3) is 4.39. The van der Waals surface area contributed by atoms with Gasteiger partial charge in [-0.25, -0.2) is 33.2 Å². The third-order valence-electron chi connectivity index (χ3n) is 5.31. The van der Waals surface area contributed by atoms with Crippen LogP contribution in [0.5, 0.6) is 6.01 Å². The van der Waals surface area contributed by atoms with Gasteiger partial charge in [-0.2, -0.15) is 8.42 Å². The Bertz CT molecular complexity index is 1740. The van der Waals surface area contributed by atoms with Crippen molar-refractivity contribution in [1.82, 2.24) is 24.9 Å². The van der Waals surface area contributed by atoms with Crippen molar-refractivity contribution in [2.45, 2.75) is 0 Å². The summed E-state index contributed by atoms with van der Waals surface area (Å²) in [7, 11) is -3.13. The van der Waals surface area contributed by atoms with E-state index in [-0.39, 0.29) is 27.6 Å². The number of carbonyl (C=O) groups is 1. The number of anilines is 2. The van der Waals surface area contributed by atoms with Gasteiger partial charge in [0.05, 0.1) is 30.1 Å². The summed E-state index contributed by atoms with van der Waals surface area (Å²) in [5, 5.41) is 5.52. The molecule has 0 bridgehead atoms. The Hall–Kier alpha value is -4.34. The minimum absolute atomic E-state index is 0.0472. The number of carbonyl (C=O) groups excluding carboxylic acids is 1. The van der Waals surface area contributed by atoms with E-state index < -0.39 is 38.9 Å². The molecule has 4 aromatic heterocycles. The van der Waals surface area contributed by atoms with Crippen LogP contribution in [0.3, 0.4) is 0 Å². The number of benzene rings is 1. The number of hydrogen-bond acceptors (Lipinski definition) is 9. The zero-order valence-corrected chi connectivity index (χ0v) is 20.3. The van der Waals surface area contributed by atoms with Crippen LogP contribution >= 0.6 is 11.3 Å². The van der Waals surface area contributed by atoms with Crippen molar-refractivity contribution in [2.24, 2.45) is 5.14 Å². The second-order valence-corrected chi connectivity index (χ2v) is 9.77. The van der Waals surface area contributed by atoms with Crippen LogP contribution in [0.25, 0.3) is 22.2 Å². The summed E-state index contributed by atoms with van der Waals surface area (Å²) in [6.07, 6.45) is 6.91. The van der Waals surface area contributed by atoms with E-state index in [4.69, 9.17) is 9.88 Å². The molecule has 1 aromatic carbocycles. The first-order valence-corrected chi connectivity index (χ1v) is 12.6. The fourth-order valence-corrected chi connectivity index (χ4v) is 5.35. The molecule has 0 aliphatic heterocycles. The van der Waals surface area contributed by atoms with Crippen molar-refractivity contribution in [3.05, 3.63) is 77.5 Å². The number of nitrogens with zero attached hydrogens (tertiary/aromatic N) is 5. The highest BCUT2D eigenvalue weighted by Crippen LogP contribution is 2.36. The molecular formula is C22H15F2N7O4S2. The summed E-state index contributed by atoms with van der Waals surface area (Å²) in [6.45, 7) is 0. The van der Waals surface area contributed by atoms with Gasteiger partial charge in [0.15, 0.2) is 5.82 Å². The van der Waals surface area contributed by atoms with E-state index in [2.05, 4.69) is 24.9 Å². The first-order chi connectivity index (χ1) is 17.7. The molecule has 0 aliphatic rings. The Kier molecular flexibility index (Phi) is 6.10. The zero-order valence-electron chi connectivity index (χ0n) is 18.7. The molecule has 0 spiro atoms. The molecule has 0 saturated heterocycles. The quantitative estimate of drug-likeness (QED) is 0.296. The second kappa shape index (κ2) is 9.27. The van der Waals surface area contributed by atoms with E-state index >= 15 is 4.39 Å². The van der Waals surface area contributed by atoms with Crippen LogP contribution in [0.4, 0.5) is 19.5 Å². The number of thiazole rings is 1. The molecule has 37 heavy (non-hydrogen) atoms. The lowest BCUT2D eigenvalue weighted by molar-refractivity contribution is 0.103. The number of rotatable bonds is 7. The Labute approximate surface area is 211 Å². The smallest absolute Gasteiger partial charge is 0.316 e. The molecule has 0 fully saturated rings. The van der Waals surface area contributed by atoms with E-state index in [1.54, 1.807) is 6.07 Å². The molecule has 15 heteroatoms. The number of halogens is 2. The van der Waals surface area contributed by atoms with Gasteiger partial charge >= 0.3 is 16.2 Å². The SMILES string of the molecule is COc1ncc(-c2cnc3[nH]cc(C(=O)c4c(F)ccc(N(c5cncs5)S(N)(=O)=O)c4F)c3c2)cn1. The summed E-state index contributed by atoms with van der Waals surface area (Å²) in [4.78, 5) is 32.3. The fourth-order valence-electron chi connectivity index (χ4n) is 3.65. The van der Waals surface area contributed by atoms with Crippen LogP contribution in [0, 0.1) is 11.6 Å². The zero-order chi connectivity index (χ0) is 26.3. The summed E-state index contributed by atoms with van der Waals surface area (Å²) < 4.78 is 60.5. The Balaban J connectivity index is 1.62.